The molecule has 1 fully saturated rings. The number of aromatic nitrogens is 1. The highest BCUT2D eigenvalue weighted by Gasteiger charge is 2.38. The monoisotopic (exact) mass is 392 g/mol. The molecule has 0 radical (unpaired) electrons. The number of nitrogens with zero attached hydrogens (tertiary/aromatic N) is 1. The molecule has 1 aliphatic carbocycles. The van der Waals surface area contributed by atoms with Gasteiger partial charge in [-0.2, -0.15) is 0 Å². The van der Waals surface area contributed by atoms with E-state index >= 15 is 0 Å². The summed E-state index contributed by atoms with van der Waals surface area (Å²) in [4.78, 5) is 24.9. The second kappa shape index (κ2) is 7.76. The van der Waals surface area contributed by atoms with Gasteiger partial charge in [-0.1, -0.05) is 77.9 Å². The van der Waals surface area contributed by atoms with E-state index in [1.165, 1.54) is 12.0 Å². The lowest BCUT2D eigenvalue weighted by Gasteiger charge is -2.42. The number of thiazole rings is 1. The molecule has 1 amide bonds. The Morgan fingerprint density at radius 2 is 1.82 bits per heavy atom. The maximum atomic E-state index is 12.7. The first-order chi connectivity index (χ1) is 13.6. The average Bonchev–Trinajstić information content (AvgIpc) is 3.03. The number of hydrogen-bond acceptors (Lipinski definition) is 3. The summed E-state index contributed by atoms with van der Waals surface area (Å²) in [5.74, 6) is -0.115. The molecular formula is C23H24N2O2S. The number of benzene rings is 2. The number of aryl methyl sites for hydroxylation is 1. The Kier molecular flexibility index (Phi) is 5.18. The number of amides is 1. The summed E-state index contributed by atoms with van der Waals surface area (Å²) in [5.41, 5.74) is 4.24. The Labute approximate surface area is 168 Å². The minimum atomic E-state index is -0.115. The minimum absolute atomic E-state index is 0.0380. The van der Waals surface area contributed by atoms with Gasteiger partial charge in [0.2, 0.25) is 5.91 Å². The van der Waals surface area contributed by atoms with Gasteiger partial charge >= 0.3 is 4.87 Å². The van der Waals surface area contributed by atoms with E-state index in [4.69, 9.17) is 0 Å². The molecule has 5 heteroatoms. The van der Waals surface area contributed by atoms with Gasteiger partial charge in [-0.25, -0.2) is 0 Å². The molecule has 0 atom stereocenters. The van der Waals surface area contributed by atoms with E-state index in [-0.39, 0.29) is 22.7 Å². The first kappa shape index (κ1) is 18.7. The average molecular weight is 393 g/mol. The molecule has 0 unspecified atom stereocenters. The Morgan fingerprint density at radius 1 is 1.11 bits per heavy atom. The molecular weight excluding hydrogens is 368 g/mol. The van der Waals surface area contributed by atoms with Crippen molar-refractivity contribution in [2.45, 2.75) is 38.1 Å². The summed E-state index contributed by atoms with van der Waals surface area (Å²) >= 11 is 1.14. The van der Waals surface area contributed by atoms with Gasteiger partial charge in [0, 0.05) is 17.3 Å². The lowest BCUT2D eigenvalue weighted by Crippen LogP contribution is -2.46. The lowest BCUT2D eigenvalue weighted by molar-refractivity contribution is -0.122. The van der Waals surface area contributed by atoms with Crippen molar-refractivity contribution in [1.82, 2.24) is 9.88 Å². The second-order valence-electron chi connectivity index (χ2n) is 7.62. The summed E-state index contributed by atoms with van der Waals surface area (Å²) in [6.45, 7) is 2.70. The molecule has 0 bridgehead atoms. The van der Waals surface area contributed by atoms with Gasteiger partial charge in [0.1, 0.15) is 6.54 Å². The van der Waals surface area contributed by atoms with Gasteiger partial charge in [-0.05, 0) is 30.9 Å². The Hall–Kier alpha value is -2.66. The summed E-state index contributed by atoms with van der Waals surface area (Å²) in [5, 5.41) is 4.91. The van der Waals surface area contributed by atoms with Crippen LogP contribution in [0.4, 0.5) is 0 Å². The van der Waals surface area contributed by atoms with E-state index in [0.717, 1.165) is 41.0 Å². The van der Waals surface area contributed by atoms with Crippen molar-refractivity contribution in [2.24, 2.45) is 0 Å². The van der Waals surface area contributed by atoms with Gasteiger partial charge in [-0.3, -0.25) is 14.2 Å². The lowest BCUT2D eigenvalue weighted by atomic mass is 9.64. The molecule has 1 aromatic heterocycles. The van der Waals surface area contributed by atoms with E-state index in [9.17, 15) is 9.59 Å². The third-order valence-electron chi connectivity index (χ3n) is 5.75. The van der Waals surface area contributed by atoms with E-state index in [1.807, 2.05) is 42.6 Å². The van der Waals surface area contributed by atoms with Gasteiger partial charge < -0.3 is 5.32 Å². The molecule has 3 aromatic rings. The van der Waals surface area contributed by atoms with Gasteiger partial charge in [0.05, 0.1) is 5.69 Å². The van der Waals surface area contributed by atoms with Crippen LogP contribution in [-0.4, -0.2) is 17.0 Å². The molecule has 1 saturated carbocycles. The van der Waals surface area contributed by atoms with E-state index in [0.29, 0.717) is 6.54 Å². The van der Waals surface area contributed by atoms with Crippen LogP contribution in [0.2, 0.25) is 0 Å². The van der Waals surface area contributed by atoms with Crippen LogP contribution in [0, 0.1) is 6.92 Å². The highest BCUT2D eigenvalue weighted by atomic mass is 32.1. The van der Waals surface area contributed by atoms with E-state index < -0.39 is 0 Å². The molecule has 4 rings (SSSR count). The van der Waals surface area contributed by atoms with Crippen molar-refractivity contribution >= 4 is 17.2 Å². The molecule has 1 N–H and O–H groups in total. The van der Waals surface area contributed by atoms with Gasteiger partial charge in [-0.15, -0.1) is 0 Å². The first-order valence-electron chi connectivity index (χ1n) is 9.65. The van der Waals surface area contributed by atoms with Crippen molar-refractivity contribution < 1.29 is 4.79 Å². The van der Waals surface area contributed by atoms with E-state index in [1.54, 1.807) is 4.57 Å². The van der Waals surface area contributed by atoms with Crippen LogP contribution in [-0.2, 0) is 16.8 Å². The van der Waals surface area contributed by atoms with E-state index in [2.05, 4.69) is 29.6 Å². The van der Waals surface area contributed by atoms with Crippen LogP contribution < -0.4 is 10.2 Å². The number of carbonyl (C=O) groups excluding carboxylic acids is 1. The zero-order chi connectivity index (χ0) is 19.6. The van der Waals surface area contributed by atoms with Crippen molar-refractivity contribution in [3.63, 3.8) is 0 Å². The van der Waals surface area contributed by atoms with Crippen LogP contribution in [0.3, 0.4) is 0 Å². The first-order valence-corrected chi connectivity index (χ1v) is 10.5. The highest BCUT2D eigenvalue weighted by molar-refractivity contribution is 7.07. The summed E-state index contributed by atoms with van der Waals surface area (Å²) in [7, 11) is 0. The molecule has 144 valence electrons. The highest BCUT2D eigenvalue weighted by Crippen LogP contribution is 2.43. The smallest absolute Gasteiger partial charge is 0.308 e. The minimum Gasteiger partial charge on any atom is -0.354 e. The number of hydrogen-bond donors (Lipinski definition) is 1. The predicted octanol–water partition coefficient (Wildman–Crippen LogP) is 4.12. The normalized spacial score (nSPS) is 15.0. The standard InChI is InChI=1S/C23H24N2O2S/c1-17-8-10-18(11-9-17)20-15-28-22(27)25(20)14-21(26)24-16-23(12-5-13-23)19-6-3-2-4-7-19/h2-4,6-11,15H,5,12-14,16H2,1H3,(H,24,26). The topological polar surface area (TPSA) is 51.1 Å². The molecule has 0 aliphatic heterocycles. The Morgan fingerprint density at radius 3 is 2.46 bits per heavy atom. The van der Waals surface area contributed by atoms with Crippen molar-refractivity contribution in [2.75, 3.05) is 6.54 Å². The van der Waals surface area contributed by atoms with Crippen LogP contribution in [0.5, 0.6) is 0 Å². The zero-order valence-corrected chi connectivity index (χ0v) is 16.8. The SMILES string of the molecule is Cc1ccc(-c2csc(=O)n2CC(=O)NCC2(c3ccccc3)CCC2)cc1. The summed E-state index contributed by atoms with van der Waals surface area (Å²) in [6.07, 6.45) is 3.36. The maximum absolute atomic E-state index is 12.7. The number of nitrogens with one attached hydrogen (secondary N) is 1. The summed E-state index contributed by atoms with van der Waals surface area (Å²) < 4.78 is 1.57. The molecule has 0 saturated heterocycles. The zero-order valence-electron chi connectivity index (χ0n) is 16.0. The number of rotatable bonds is 6. The molecule has 4 nitrogen and oxygen atoms in total. The Bertz CT molecular complexity index is 1010. The third kappa shape index (κ3) is 3.67. The predicted molar refractivity (Wildman–Crippen MR) is 114 cm³/mol. The van der Waals surface area contributed by atoms with Crippen LogP contribution >= 0.6 is 11.3 Å². The van der Waals surface area contributed by atoms with Crippen LogP contribution in [0.25, 0.3) is 11.3 Å². The van der Waals surface area contributed by atoms with Crippen molar-refractivity contribution in [3.8, 4) is 11.3 Å². The van der Waals surface area contributed by atoms with Crippen LogP contribution in [0.15, 0.2) is 64.8 Å². The molecule has 1 heterocycles. The fourth-order valence-electron chi connectivity index (χ4n) is 3.86. The number of carbonyl (C=O) groups is 1. The molecule has 2 aromatic carbocycles. The van der Waals surface area contributed by atoms with Crippen molar-refractivity contribution in [3.05, 3.63) is 80.8 Å². The maximum Gasteiger partial charge on any atom is 0.308 e. The largest absolute Gasteiger partial charge is 0.354 e. The Balaban J connectivity index is 1.47. The fraction of sp³-hybridized carbons (Fsp3) is 0.304. The molecule has 28 heavy (non-hydrogen) atoms. The third-order valence-corrected chi connectivity index (χ3v) is 6.52. The van der Waals surface area contributed by atoms with Gasteiger partial charge in [0.25, 0.3) is 0 Å². The fourth-order valence-corrected chi connectivity index (χ4v) is 4.63. The second-order valence-corrected chi connectivity index (χ2v) is 8.44. The van der Waals surface area contributed by atoms with Crippen LogP contribution in [0.1, 0.15) is 30.4 Å². The molecule has 0 spiro atoms. The van der Waals surface area contributed by atoms with Crippen molar-refractivity contribution in [1.29, 1.82) is 0 Å². The quantitative estimate of drug-likeness (QED) is 0.686. The summed E-state index contributed by atoms with van der Waals surface area (Å²) in [6, 6.07) is 18.4. The molecule has 1 aliphatic rings. The van der Waals surface area contributed by atoms with Gasteiger partial charge in [0.15, 0.2) is 0 Å².